The summed E-state index contributed by atoms with van der Waals surface area (Å²) in [6.45, 7) is 4.93. The number of hydrogen-bond donors (Lipinski definition) is 1. The summed E-state index contributed by atoms with van der Waals surface area (Å²) in [6, 6.07) is 6.08. The van der Waals surface area contributed by atoms with Crippen LogP contribution in [0.4, 0.5) is 5.82 Å². The van der Waals surface area contributed by atoms with Crippen molar-refractivity contribution in [3.63, 3.8) is 0 Å². The first-order chi connectivity index (χ1) is 9.26. The van der Waals surface area contributed by atoms with Gasteiger partial charge in [0.15, 0.2) is 0 Å². The molecule has 1 aliphatic carbocycles. The van der Waals surface area contributed by atoms with Gasteiger partial charge in [-0.1, -0.05) is 0 Å². The number of aromatic nitrogens is 3. The van der Waals surface area contributed by atoms with Gasteiger partial charge in [-0.25, -0.2) is 9.97 Å². The first kappa shape index (κ1) is 12.1. The van der Waals surface area contributed by atoms with E-state index >= 15 is 0 Å². The lowest BCUT2D eigenvalue weighted by molar-refractivity contribution is 0.927. The lowest BCUT2D eigenvalue weighted by Gasteiger charge is -2.08. The van der Waals surface area contributed by atoms with E-state index in [2.05, 4.69) is 33.3 Å². The molecular weight excluding hydrogens is 236 g/mol. The minimum absolute atomic E-state index is 0.552. The monoisotopic (exact) mass is 254 g/mol. The van der Waals surface area contributed by atoms with Crippen LogP contribution in [0.2, 0.25) is 0 Å². The zero-order valence-corrected chi connectivity index (χ0v) is 11.3. The molecule has 2 heterocycles. The number of nitrogens with one attached hydrogen (secondary N) is 1. The molecule has 0 unspecified atom stereocenters. The second kappa shape index (κ2) is 4.96. The summed E-state index contributed by atoms with van der Waals surface area (Å²) in [7, 11) is 0. The summed E-state index contributed by atoms with van der Waals surface area (Å²) in [5, 5.41) is 3.28. The molecule has 0 aromatic carbocycles. The molecule has 3 rings (SSSR count). The average Bonchev–Trinajstić information content (AvgIpc) is 3.24. The molecule has 0 saturated heterocycles. The molecule has 2 aromatic heterocycles. The van der Waals surface area contributed by atoms with Gasteiger partial charge in [0, 0.05) is 36.0 Å². The Kier molecular flexibility index (Phi) is 3.15. The summed E-state index contributed by atoms with van der Waals surface area (Å²) in [4.78, 5) is 13.6. The minimum atomic E-state index is 0.552. The molecule has 4 heteroatoms. The Bertz CT molecular complexity index is 573. The second-order valence-electron chi connectivity index (χ2n) is 4.99. The van der Waals surface area contributed by atoms with Gasteiger partial charge in [0.25, 0.3) is 0 Å². The van der Waals surface area contributed by atoms with E-state index in [1.807, 2.05) is 25.3 Å². The van der Waals surface area contributed by atoms with Crippen LogP contribution in [0.5, 0.6) is 0 Å². The highest BCUT2D eigenvalue weighted by molar-refractivity contribution is 5.61. The van der Waals surface area contributed by atoms with Gasteiger partial charge in [-0.2, -0.15) is 0 Å². The first-order valence-electron chi connectivity index (χ1n) is 6.82. The van der Waals surface area contributed by atoms with Crippen LogP contribution in [0.1, 0.15) is 37.2 Å². The molecule has 1 saturated carbocycles. The Labute approximate surface area is 113 Å². The summed E-state index contributed by atoms with van der Waals surface area (Å²) >= 11 is 0. The number of anilines is 1. The van der Waals surface area contributed by atoms with E-state index in [9.17, 15) is 0 Å². The highest BCUT2D eigenvalue weighted by Crippen LogP contribution is 2.39. The van der Waals surface area contributed by atoms with Crippen LogP contribution in [-0.2, 0) is 0 Å². The highest BCUT2D eigenvalue weighted by atomic mass is 15.0. The van der Waals surface area contributed by atoms with Crippen LogP contribution in [0, 0.1) is 6.92 Å². The third kappa shape index (κ3) is 2.72. The number of pyridine rings is 1. The van der Waals surface area contributed by atoms with Crippen molar-refractivity contribution in [1.82, 2.24) is 15.0 Å². The summed E-state index contributed by atoms with van der Waals surface area (Å²) in [5.41, 5.74) is 3.03. The van der Waals surface area contributed by atoms with Gasteiger partial charge >= 0.3 is 0 Å². The molecule has 4 nitrogen and oxygen atoms in total. The normalized spacial score (nSPS) is 14.4. The third-order valence-electron chi connectivity index (χ3n) is 3.25. The molecule has 2 aromatic rings. The quantitative estimate of drug-likeness (QED) is 0.910. The van der Waals surface area contributed by atoms with E-state index in [0.29, 0.717) is 5.92 Å². The van der Waals surface area contributed by atoms with E-state index in [1.54, 1.807) is 0 Å². The lowest BCUT2D eigenvalue weighted by atomic mass is 10.2. The van der Waals surface area contributed by atoms with Gasteiger partial charge < -0.3 is 5.32 Å². The predicted octanol–water partition coefficient (Wildman–Crippen LogP) is 3.16. The molecule has 0 bridgehead atoms. The van der Waals surface area contributed by atoms with E-state index in [-0.39, 0.29) is 0 Å². The van der Waals surface area contributed by atoms with Crippen LogP contribution in [0.3, 0.4) is 0 Å². The Balaban J connectivity index is 2.01. The molecular formula is C15H18N4. The lowest BCUT2D eigenvalue weighted by Crippen LogP contribution is -2.04. The van der Waals surface area contributed by atoms with Crippen molar-refractivity contribution in [2.24, 2.45) is 0 Å². The first-order valence-corrected chi connectivity index (χ1v) is 6.82. The molecule has 0 spiro atoms. The number of rotatable bonds is 4. The number of hydrogen-bond acceptors (Lipinski definition) is 4. The van der Waals surface area contributed by atoms with Crippen molar-refractivity contribution in [3.8, 4) is 11.3 Å². The van der Waals surface area contributed by atoms with E-state index in [0.717, 1.165) is 35.1 Å². The van der Waals surface area contributed by atoms with Crippen molar-refractivity contribution >= 4 is 5.82 Å². The van der Waals surface area contributed by atoms with E-state index < -0.39 is 0 Å². The summed E-state index contributed by atoms with van der Waals surface area (Å²) < 4.78 is 0. The summed E-state index contributed by atoms with van der Waals surface area (Å²) in [6.07, 6.45) is 4.30. The molecule has 0 amide bonds. The van der Waals surface area contributed by atoms with Crippen LogP contribution in [0.25, 0.3) is 11.3 Å². The van der Waals surface area contributed by atoms with Crippen molar-refractivity contribution in [1.29, 1.82) is 0 Å². The SMILES string of the molecule is CCNc1cc(-c2ccc(C)nc2)nc(C2CC2)n1. The maximum absolute atomic E-state index is 4.69. The Morgan fingerprint density at radius 2 is 2.11 bits per heavy atom. The van der Waals surface area contributed by atoms with Crippen LogP contribution >= 0.6 is 0 Å². The molecule has 19 heavy (non-hydrogen) atoms. The molecule has 0 aliphatic heterocycles. The van der Waals surface area contributed by atoms with Gasteiger partial charge in [0.2, 0.25) is 0 Å². The standard InChI is InChI=1S/C15H18N4/c1-3-16-14-8-13(12-5-4-10(2)17-9-12)18-15(19-14)11-6-7-11/h4-5,8-9,11H,3,6-7H2,1-2H3,(H,16,18,19). The fraction of sp³-hybridized carbons (Fsp3) is 0.400. The molecule has 1 aliphatic rings. The van der Waals surface area contributed by atoms with E-state index in [4.69, 9.17) is 0 Å². The van der Waals surface area contributed by atoms with Crippen molar-refractivity contribution < 1.29 is 0 Å². The van der Waals surface area contributed by atoms with Gasteiger partial charge in [-0.05, 0) is 38.8 Å². The minimum Gasteiger partial charge on any atom is -0.370 e. The van der Waals surface area contributed by atoms with Gasteiger partial charge in [0.1, 0.15) is 11.6 Å². The zero-order chi connectivity index (χ0) is 13.2. The Morgan fingerprint density at radius 3 is 2.74 bits per heavy atom. The summed E-state index contributed by atoms with van der Waals surface area (Å²) in [5.74, 6) is 2.43. The van der Waals surface area contributed by atoms with Crippen LogP contribution in [0.15, 0.2) is 24.4 Å². The fourth-order valence-corrected chi connectivity index (χ4v) is 2.03. The van der Waals surface area contributed by atoms with E-state index in [1.165, 1.54) is 12.8 Å². The smallest absolute Gasteiger partial charge is 0.134 e. The van der Waals surface area contributed by atoms with Gasteiger partial charge in [-0.15, -0.1) is 0 Å². The van der Waals surface area contributed by atoms with Crippen molar-refractivity contribution in [3.05, 3.63) is 35.9 Å². The molecule has 0 radical (unpaired) electrons. The largest absolute Gasteiger partial charge is 0.370 e. The average molecular weight is 254 g/mol. The topological polar surface area (TPSA) is 50.7 Å². The molecule has 0 atom stereocenters. The van der Waals surface area contributed by atoms with Crippen molar-refractivity contribution in [2.75, 3.05) is 11.9 Å². The van der Waals surface area contributed by atoms with Gasteiger partial charge in [-0.3, -0.25) is 4.98 Å². The van der Waals surface area contributed by atoms with Gasteiger partial charge in [0.05, 0.1) is 5.69 Å². The molecule has 1 N–H and O–H groups in total. The Morgan fingerprint density at radius 1 is 1.26 bits per heavy atom. The maximum Gasteiger partial charge on any atom is 0.134 e. The number of nitrogens with zero attached hydrogens (tertiary/aromatic N) is 3. The van der Waals surface area contributed by atoms with Crippen LogP contribution < -0.4 is 5.32 Å². The second-order valence-corrected chi connectivity index (χ2v) is 4.99. The van der Waals surface area contributed by atoms with Crippen LogP contribution in [-0.4, -0.2) is 21.5 Å². The molecule has 98 valence electrons. The predicted molar refractivity (Wildman–Crippen MR) is 76.1 cm³/mol. The Hall–Kier alpha value is -1.97. The number of aryl methyl sites for hydroxylation is 1. The zero-order valence-electron chi connectivity index (χ0n) is 11.3. The fourth-order valence-electron chi connectivity index (χ4n) is 2.03. The van der Waals surface area contributed by atoms with Crippen molar-refractivity contribution in [2.45, 2.75) is 32.6 Å². The molecule has 1 fully saturated rings. The third-order valence-corrected chi connectivity index (χ3v) is 3.25. The highest BCUT2D eigenvalue weighted by Gasteiger charge is 2.27. The maximum atomic E-state index is 4.69.